The summed E-state index contributed by atoms with van der Waals surface area (Å²) in [5, 5.41) is 3.36. The molecule has 94 valence electrons. The van der Waals surface area contributed by atoms with E-state index in [1.807, 2.05) is 18.2 Å². The lowest BCUT2D eigenvalue weighted by Crippen LogP contribution is -2.22. The summed E-state index contributed by atoms with van der Waals surface area (Å²) < 4.78 is 5.61. The van der Waals surface area contributed by atoms with Crippen LogP contribution in [0.25, 0.3) is 0 Å². The Morgan fingerprint density at radius 1 is 1.35 bits per heavy atom. The van der Waals surface area contributed by atoms with Gasteiger partial charge in [0.15, 0.2) is 0 Å². The van der Waals surface area contributed by atoms with Crippen LogP contribution in [0.15, 0.2) is 36.9 Å². The average molecular weight is 233 g/mol. The van der Waals surface area contributed by atoms with E-state index in [4.69, 9.17) is 4.74 Å². The first-order valence-corrected chi connectivity index (χ1v) is 6.34. The highest BCUT2D eigenvalue weighted by Gasteiger charge is 1.97. The third-order valence-electron chi connectivity index (χ3n) is 2.67. The third kappa shape index (κ3) is 5.55. The third-order valence-corrected chi connectivity index (χ3v) is 2.67. The Morgan fingerprint density at radius 2 is 2.06 bits per heavy atom. The first-order valence-electron chi connectivity index (χ1n) is 6.34. The van der Waals surface area contributed by atoms with Crippen LogP contribution in [0.5, 0.6) is 5.75 Å². The van der Waals surface area contributed by atoms with Gasteiger partial charge in [0, 0.05) is 12.6 Å². The highest BCUT2D eigenvalue weighted by atomic mass is 16.5. The van der Waals surface area contributed by atoms with Gasteiger partial charge in [-0.2, -0.15) is 0 Å². The molecule has 0 heterocycles. The van der Waals surface area contributed by atoms with Gasteiger partial charge in [-0.25, -0.2) is 0 Å². The van der Waals surface area contributed by atoms with Crippen LogP contribution in [0.2, 0.25) is 0 Å². The van der Waals surface area contributed by atoms with Gasteiger partial charge < -0.3 is 10.1 Å². The summed E-state index contributed by atoms with van der Waals surface area (Å²) in [7, 11) is 0. The van der Waals surface area contributed by atoms with Crippen molar-refractivity contribution < 1.29 is 4.74 Å². The zero-order chi connectivity index (χ0) is 12.5. The molecule has 1 N–H and O–H groups in total. The van der Waals surface area contributed by atoms with Crippen molar-refractivity contribution in [3.05, 3.63) is 42.5 Å². The van der Waals surface area contributed by atoms with E-state index in [1.54, 1.807) is 0 Å². The van der Waals surface area contributed by atoms with Crippen molar-refractivity contribution >= 4 is 0 Å². The van der Waals surface area contributed by atoms with Gasteiger partial charge in [0.25, 0.3) is 0 Å². The second-order valence-corrected chi connectivity index (χ2v) is 4.25. The van der Waals surface area contributed by atoms with Gasteiger partial charge in [0.05, 0.1) is 6.61 Å². The molecule has 1 aromatic rings. The normalized spacial score (nSPS) is 12.1. The monoisotopic (exact) mass is 233 g/mol. The van der Waals surface area contributed by atoms with E-state index in [0.717, 1.165) is 25.3 Å². The standard InChI is InChI=1S/C15H23NO/c1-4-6-11-17-15-9-7-14(8-10-15)12-16-13(3)5-2/h5,7-10,13,16H,2,4,6,11-12H2,1,3H3. The number of ether oxygens (including phenoxy) is 1. The molecule has 1 aromatic carbocycles. The number of benzene rings is 1. The largest absolute Gasteiger partial charge is 0.494 e. The molecule has 1 atom stereocenters. The maximum Gasteiger partial charge on any atom is 0.119 e. The van der Waals surface area contributed by atoms with E-state index < -0.39 is 0 Å². The van der Waals surface area contributed by atoms with E-state index in [0.29, 0.717) is 6.04 Å². The molecule has 0 aliphatic carbocycles. The molecule has 17 heavy (non-hydrogen) atoms. The number of rotatable bonds is 8. The van der Waals surface area contributed by atoms with Gasteiger partial charge in [-0.1, -0.05) is 31.6 Å². The number of hydrogen-bond acceptors (Lipinski definition) is 2. The molecule has 0 fully saturated rings. The molecule has 1 rings (SSSR count). The Hall–Kier alpha value is -1.28. The lowest BCUT2D eigenvalue weighted by Gasteiger charge is -2.10. The van der Waals surface area contributed by atoms with Gasteiger partial charge in [0.2, 0.25) is 0 Å². The number of nitrogens with one attached hydrogen (secondary N) is 1. The lowest BCUT2D eigenvalue weighted by molar-refractivity contribution is 0.309. The summed E-state index contributed by atoms with van der Waals surface area (Å²) in [6.07, 6.45) is 4.18. The fourth-order valence-electron chi connectivity index (χ4n) is 1.40. The van der Waals surface area contributed by atoms with Crippen molar-refractivity contribution in [2.24, 2.45) is 0 Å². The van der Waals surface area contributed by atoms with E-state index in [1.165, 1.54) is 12.0 Å². The smallest absolute Gasteiger partial charge is 0.119 e. The Bertz CT molecular complexity index is 318. The highest BCUT2D eigenvalue weighted by molar-refractivity contribution is 5.27. The molecule has 0 aliphatic heterocycles. The van der Waals surface area contributed by atoms with Crippen molar-refractivity contribution in [2.45, 2.75) is 39.3 Å². The van der Waals surface area contributed by atoms with Crippen molar-refractivity contribution in [3.63, 3.8) is 0 Å². The van der Waals surface area contributed by atoms with Crippen LogP contribution < -0.4 is 10.1 Å². The summed E-state index contributed by atoms with van der Waals surface area (Å²) in [6.45, 7) is 9.68. The maximum atomic E-state index is 5.61. The Kier molecular flexibility index (Phi) is 6.41. The van der Waals surface area contributed by atoms with Gasteiger partial charge in [-0.15, -0.1) is 6.58 Å². The van der Waals surface area contributed by atoms with Crippen LogP contribution in [0, 0.1) is 0 Å². The zero-order valence-corrected chi connectivity index (χ0v) is 10.9. The van der Waals surface area contributed by atoms with Gasteiger partial charge >= 0.3 is 0 Å². The highest BCUT2D eigenvalue weighted by Crippen LogP contribution is 2.12. The quantitative estimate of drug-likeness (QED) is 0.548. The minimum atomic E-state index is 0.343. The number of hydrogen-bond donors (Lipinski definition) is 1. The molecular formula is C15H23NO. The van der Waals surface area contributed by atoms with E-state index in [-0.39, 0.29) is 0 Å². The Labute approximate surface area is 105 Å². The lowest BCUT2D eigenvalue weighted by atomic mass is 10.2. The van der Waals surface area contributed by atoms with Crippen molar-refractivity contribution in [3.8, 4) is 5.75 Å². The van der Waals surface area contributed by atoms with Crippen molar-refractivity contribution in [2.75, 3.05) is 6.61 Å². The summed E-state index contributed by atoms with van der Waals surface area (Å²) in [4.78, 5) is 0. The molecule has 0 radical (unpaired) electrons. The van der Waals surface area contributed by atoms with Crippen LogP contribution in [0.4, 0.5) is 0 Å². The minimum absolute atomic E-state index is 0.343. The molecule has 1 unspecified atom stereocenters. The summed E-state index contributed by atoms with van der Waals surface area (Å²) in [6, 6.07) is 8.61. The second kappa shape index (κ2) is 7.91. The minimum Gasteiger partial charge on any atom is -0.494 e. The molecule has 2 heteroatoms. The molecule has 0 saturated carbocycles. The molecule has 0 bridgehead atoms. The first kappa shape index (κ1) is 13.8. The molecule has 0 spiro atoms. The molecule has 0 aliphatic rings. The SMILES string of the molecule is C=CC(C)NCc1ccc(OCCCC)cc1. The van der Waals surface area contributed by atoms with Gasteiger partial charge in [-0.3, -0.25) is 0 Å². The van der Waals surface area contributed by atoms with E-state index in [2.05, 4.69) is 37.9 Å². The van der Waals surface area contributed by atoms with Crippen LogP contribution in [-0.4, -0.2) is 12.6 Å². The molecule has 0 saturated heterocycles. The summed E-state index contributed by atoms with van der Waals surface area (Å²) in [5.74, 6) is 0.957. The van der Waals surface area contributed by atoms with Crippen LogP contribution in [0.1, 0.15) is 32.3 Å². The Morgan fingerprint density at radius 3 is 2.65 bits per heavy atom. The molecular weight excluding hydrogens is 210 g/mol. The fraction of sp³-hybridized carbons (Fsp3) is 0.467. The fourth-order valence-corrected chi connectivity index (χ4v) is 1.40. The van der Waals surface area contributed by atoms with Crippen LogP contribution >= 0.6 is 0 Å². The molecule has 0 amide bonds. The maximum absolute atomic E-state index is 5.61. The molecule has 2 nitrogen and oxygen atoms in total. The summed E-state index contributed by atoms with van der Waals surface area (Å²) >= 11 is 0. The van der Waals surface area contributed by atoms with E-state index >= 15 is 0 Å². The molecule has 0 aromatic heterocycles. The van der Waals surface area contributed by atoms with Gasteiger partial charge in [0.1, 0.15) is 5.75 Å². The van der Waals surface area contributed by atoms with Crippen molar-refractivity contribution in [1.82, 2.24) is 5.32 Å². The second-order valence-electron chi connectivity index (χ2n) is 4.25. The topological polar surface area (TPSA) is 21.3 Å². The average Bonchev–Trinajstić information content (AvgIpc) is 2.37. The Balaban J connectivity index is 2.36. The predicted molar refractivity (Wildman–Crippen MR) is 73.3 cm³/mol. The van der Waals surface area contributed by atoms with Crippen LogP contribution in [-0.2, 0) is 6.54 Å². The van der Waals surface area contributed by atoms with Crippen molar-refractivity contribution in [1.29, 1.82) is 0 Å². The zero-order valence-electron chi connectivity index (χ0n) is 10.9. The predicted octanol–water partition coefficient (Wildman–Crippen LogP) is 3.53. The number of unbranched alkanes of at least 4 members (excludes halogenated alkanes) is 1. The first-order chi connectivity index (χ1) is 8.26. The summed E-state index contributed by atoms with van der Waals surface area (Å²) in [5.41, 5.74) is 1.27. The van der Waals surface area contributed by atoms with Gasteiger partial charge in [-0.05, 0) is 31.0 Å². The van der Waals surface area contributed by atoms with E-state index in [9.17, 15) is 0 Å². The van der Waals surface area contributed by atoms with Crippen LogP contribution in [0.3, 0.4) is 0 Å².